The summed E-state index contributed by atoms with van der Waals surface area (Å²) in [6, 6.07) is 9.61. The molecule has 3 unspecified atom stereocenters. The second-order valence-electron chi connectivity index (χ2n) is 14.3. The van der Waals surface area contributed by atoms with Gasteiger partial charge in [-0.2, -0.15) is 0 Å². The van der Waals surface area contributed by atoms with Gasteiger partial charge in [0.15, 0.2) is 5.69 Å². The first-order chi connectivity index (χ1) is 21.3. The minimum atomic E-state index is -0.940. The van der Waals surface area contributed by atoms with Crippen LogP contribution in [0.3, 0.4) is 0 Å². The molecule has 9 heteroatoms. The van der Waals surface area contributed by atoms with E-state index in [0.717, 1.165) is 41.6 Å². The number of hydrogen-bond acceptors (Lipinski definition) is 7. The number of rotatable bonds is 11. The molecule has 5 atom stereocenters. The number of likely N-dealkylation sites (N-methyl/N-ethyl adjacent to an activating group) is 1. The molecule has 6 rings (SSSR count). The highest BCUT2D eigenvalue weighted by Crippen LogP contribution is 2.49. The molecule has 4 fully saturated rings. The number of oxime groups is 1. The lowest BCUT2D eigenvalue weighted by molar-refractivity contribution is -0.136. The third-order valence-electron chi connectivity index (χ3n) is 11.0. The van der Waals surface area contributed by atoms with Crippen LogP contribution in [0.25, 0.3) is 11.0 Å². The molecule has 2 aliphatic heterocycles. The van der Waals surface area contributed by atoms with Crippen molar-refractivity contribution in [2.75, 3.05) is 27.2 Å². The van der Waals surface area contributed by atoms with Crippen molar-refractivity contribution in [1.29, 1.82) is 0 Å². The minimum absolute atomic E-state index is 0.0728. The van der Waals surface area contributed by atoms with Crippen LogP contribution in [0.15, 0.2) is 34.2 Å². The summed E-state index contributed by atoms with van der Waals surface area (Å²) >= 11 is 0. The number of nitrogens with zero attached hydrogens (tertiary/aromatic N) is 5. The zero-order valence-corrected chi connectivity index (χ0v) is 26.9. The number of carbonyl (C=O) groups is 1. The quantitative estimate of drug-likeness (QED) is 0.199. The van der Waals surface area contributed by atoms with Crippen LogP contribution < -0.4 is 5.56 Å². The van der Waals surface area contributed by atoms with Crippen LogP contribution in [0.2, 0.25) is 0 Å². The number of benzene rings is 1. The van der Waals surface area contributed by atoms with Gasteiger partial charge in [-0.3, -0.25) is 14.5 Å². The molecule has 9 nitrogen and oxygen atoms in total. The maximum absolute atomic E-state index is 14.4. The van der Waals surface area contributed by atoms with Gasteiger partial charge in [-0.1, -0.05) is 37.1 Å². The Hall–Kier alpha value is -2.78. The molecule has 4 aliphatic rings. The molecular weight excluding hydrogens is 554 g/mol. The fourth-order valence-corrected chi connectivity index (χ4v) is 9.21. The highest BCUT2D eigenvalue weighted by molar-refractivity contribution is 6.00. The third-order valence-corrected chi connectivity index (χ3v) is 11.0. The van der Waals surface area contributed by atoms with E-state index in [1.165, 1.54) is 57.8 Å². The monoisotopic (exact) mass is 605 g/mol. The van der Waals surface area contributed by atoms with Gasteiger partial charge in [0.2, 0.25) is 0 Å². The first-order valence-electron chi connectivity index (χ1n) is 17.1. The summed E-state index contributed by atoms with van der Waals surface area (Å²) in [5.74, 6) is 1.75. The number of para-hydroxylation sites is 2. The molecule has 0 spiro atoms. The minimum Gasteiger partial charge on any atom is -0.481 e. The van der Waals surface area contributed by atoms with Crippen molar-refractivity contribution < 1.29 is 14.7 Å². The predicted octanol–water partition coefficient (Wildman–Crippen LogP) is 5.71. The second kappa shape index (κ2) is 13.7. The van der Waals surface area contributed by atoms with Crippen LogP contribution >= 0.6 is 0 Å². The number of hydrogen-bond donors (Lipinski definition) is 1. The van der Waals surface area contributed by atoms with E-state index >= 15 is 0 Å². The zero-order chi connectivity index (χ0) is 30.8. The van der Waals surface area contributed by atoms with Crippen LogP contribution in [0.5, 0.6) is 0 Å². The molecule has 240 valence electrons. The SMILES string of the molecule is CCC1CC2CC(C1)CC(N1[C@@H]3CCC[C@H]1CC(n1c(=O)c(/C(CCC(=O)O)=N/OCCN(C)C)nc4ccccc41)C3)C2. The van der Waals surface area contributed by atoms with Gasteiger partial charge in [0.25, 0.3) is 5.56 Å². The van der Waals surface area contributed by atoms with Gasteiger partial charge in [0.1, 0.15) is 12.3 Å². The molecule has 2 aromatic rings. The highest BCUT2D eigenvalue weighted by atomic mass is 16.6. The van der Waals surface area contributed by atoms with E-state index < -0.39 is 5.97 Å². The van der Waals surface area contributed by atoms with E-state index in [9.17, 15) is 14.7 Å². The number of aliphatic carboxylic acids is 1. The number of fused-ring (bicyclic) bond motifs is 5. The van der Waals surface area contributed by atoms with E-state index in [1.807, 2.05) is 47.8 Å². The molecule has 1 aromatic carbocycles. The third kappa shape index (κ3) is 6.74. The van der Waals surface area contributed by atoms with Gasteiger partial charge in [-0.15, -0.1) is 0 Å². The smallest absolute Gasteiger partial charge is 0.303 e. The lowest BCUT2D eigenvalue weighted by Crippen LogP contribution is -2.59. The molecule has 0 amide bonds. The molecule has 44 heavy (non-hydrogen) atoms. The Morgan fingerprint density at radius 2 is 1.68 bits per heavy atom. The molecule has 2 saturated heterocycles. The van der Waals surface area contributed by atoms with Crippen molar-refractivity contribution >= 4 is 22.7 Å². The van der Waals surface area contributed by atoms with Crippen LogP contribution in [-0.4, -0.2) is 81.5 Å². The van der Waals surface area contributed by atoms with Crippen LogP contribution in [0.1, 0.15) is 102 Å². The molecule has 2 saturated carbocycles. The van der Waals surface area contributed by atoms with E-state index in [4.69, 9.17) is 9.82 Å². The number of piperidine rings is 2. The molecule has 4 bridgehead atoms. The Labute approximate surface area is 261 Å². The molecule has 1 aromatic heterocycles. The standard InChI is InChI=1S/C35H51N5O4/c1-4-23-16-24-18-25(17-23)20-28(19-24)39-26-8-7-9-27(39)22-29(21-26)40-32-11-6-5-10-30(32)36-34(35(40)43)31(12-13-33(41)42)37-44-15-14-38(2)3/h5-6,10-11,23-29H,4,7-9,12-22H2,1-3H3,(H,41,42)/b37-31+/t23?,24?,25?,26-,27+,28?,29?. The lowest BCUT2D eigenvalue weighted by Gasteiger charge is -2.56. The highest BCUT2D eigenvalue weighted by Gasteiger charge is 2.46. The lowest BCUT2D eigenvalue weighted by atomic mass is 9.64. The van der Waals surface area contributed by atoms with E-state index in [1.54, 1.807) is 0 Å². The Morgan fingerprint density at radius 3 is 2.34 bits per heavy atom. The topological polar surface area (TPSA) is 100 Å². The molecule has 1 N–H and O–H groups in total. The van der Waals surface area contributed by atoms with Crippen LogP contribution in [0.4, 0.5) is 0 Å². The van der Waals surface area contributed by atoms with E-state index in [0.29, 0.717) is 37.0 Å². The Bertz CT molecular complexity index is 1380. The summed E-state index contributed by atoms with van der Waals surface area (Å²) in [7, 11) is 3.90. The Balaban J connectivity index is 1.30. The van der Waals surface area contributed by atoms with Gasteiger partial charge in [0, 0.05) is 37.1 Å². The molecule has 3 heterocycles. The van der Waals surface area contributed by atoms with Gasteiger partial charge in [-0.05, 0) is 102 Å². The van der Waals surface area contributed by atoms with Crippen molar-refractivity contribution in [2.24, 2.45) is 22.9 Å². The Kier molecular flexibility index (Phi) is 9.71. The first kappa shape index (κ1) is 31.2. The van der Waals surface area contributed by atoms with Gasteiger partial charge >= 0.3 is 5.97 Å². The van der Waals surface area contributed by atoms with Crippen molar-refractivity contribution in [1.82, 2.24) is 19.4 Å². The fourth-order valence-electron chi connectivity index (χ4n) is 9.21. The van der Waals surface area contributed by atoms with Gasteiger partial charge in [-0.25, -0.2) is 4.98 Å². The van der Waals surface area contributed by atoms with Crippen molar-refractivity contribution in [3.05, 3.63) is 40.3 Å². The summed E-state index contributed by atoms with van der Waals surface area (Å²) in [5, 5.41) is 13.7. The van der Waals surface area contributed by atoms with Crippen LogP contribution in [0, 0.1) is 17.8 Å². The van der Waals surface area contributed by atoms with E-state index in [2.05, 4.69) is 17.0 Å². The van der Waals surface area contributed by atoms with Crippen molar-refractivity contribution in [2.45, 2.75) is 115 Å². The Morgan fingerprint density at radius 1 is 0.977 bits per heavy atom. The zero-order valence-electron chi connectivity index (χ0n) is 26.9. The summed E-state index contributed by atoms with van der Waals surface area (Å²) in [5.41, 5.74) is 1.93. The summed E-state index contributed by atoms with van der Waals surface area (Å²) in [6.07, 6.45) is 13.8. The molecular formula is C35H51N5O4. The first-order valence-corrected chi connectivity index (χ1v) is 17.1. The predicted molar refractivity (Wildman–Crippen MR) is 173 cm³/mol. The summed E-state index contributed by atoms with van der Waals surface area (Å²) < 4.78 is 1.98. The summed E-state index contributed by atoms with van der Waals surface area (Å²) in [4.78, 5) is 41.2. The van der Waals surface area contributed by atoms with E-state index in [-0.39, 0.29) is 30.1 Å². The number of carboxylic acids is 1. The number of carboxylic acid groups (broad SMARTS) is 1. The van der Waals surface area contributed by atoms with Crippen molar-refractivity contribution in [3.63, 3.8) is 0 Å². The molecule has 0 radical (unpaired) electrons. The molecule has 2 aliphatic carbocycles. The normalized spacial score (nSPS) is 30.9. The average Bonchev–Trinajstić information content (AvgIpc) is 2.99. The van der Waals surface area contributed by atoms with Crippen LogP contribution in [-0.2, 0) is 9.63 Å². The van der Waals surface area contributed by atoms with Gasteiger partial charge in [0.05, 0.1) is 17.5 Å². The second-order valence-corrected chi connectivity index (χ2v) is 14.3. The van der Waals surface area contributed by atoms with Crippen molar-refractivity contribution in [3.8, 4) is 0 Å². The maximum Gasteiger partial charge on any atom is 0.303 e. The largest absolute Gasteiger partial charge is 0.481 e. The summed E-state index contributed by atoms with van der Waals surface area (Å²) in [6.45, 7) is 3.37. The van der Waals surface area contributed by atoms with Gasteiger partial charge < -0.3 is 19.4 Å². The number of aromatic nitrogens is 2. The average molecular weight is 606 g/mol. The maximum atomic E-state index is 14.4. The fraction of sp³-hybridized carbons (Fsp3) is 0.714.